The smallest absolute Gasteiger partial charge is 0.490 e. The van der Waals surface area contributed by atoms with Gasteiger partial charge in [0.15, 0.2) is 11.5 Å². The Morgan fingerprint density at radius 1 is 0.930 bits per heavy atom. The van der Waals surface area contributed by atoms with E-state index in [1.807, 2.05) is 42.5 Å². The van der Waals surface area contributed by atoms with Crippen molar-refractivity contribution in [3.05, 3.63) is 60.2 Å². The minimum atomic E-state index is -0.867. The normalized spacial score (nSPS) is 15.7. The van der Waals surface area contributed by atoms with Crippen LogP contribution in [0.25, 0.3) is 0 Å². The van der Waals surface area contributed by atoms with Crippen LogP contribution in [0.15, 0.2) is 54.6 Å². The predicted molar refractivity (Wildman–Crippen MR) is 164 cm³/mol. The van der Waals surface area contributed by atoms with Crippen LogP contribution in [-0.2, 0) is 25.4 Å². The Morgan fingerprint density at radius 2 is 1.56 bits per heavy atom. The van der Waals surface area contributed by atoms with Crippen LogP contribution in [0, 0.1) is 0 Å². The van der Waals surface area contributed by atoms with E-state index in [0.29, 0.717) is 12.2 Å². The molecular weight excluding hydrogens is 574 g/mol. The first-order valence-corrected chi connectivity index (χ1v) is 14.9. The highest BCUT2D eigenvalue weighted by molar-refractivity contribution is 8.15. The SMILES string of the molecule is CN(c1ccc(CCN(C[C@@H](COc2ccccc2)OC(=O)OC(C)(C)C)C(=O)OC(C)(C)C)cc1)C1SC(=O)NC1=O. The Bertz CT molecular complexity index is 1260. The second-order valence-electron chi connectivity index (χ2n) is 12.0. The fourth-order valence-corrected chi connectivity index (χ4v) is 4.78. The van der Waals surface area contributed by atoms with E-state index in [4.69, 9.17) is 18.9 Å². The molecule has 1 unspecified atom stereocenters. The lowest BCUT2D eigenvalue weighted by atomic mass is 10.1. The van der Waals surface area contributed by atoms with Crippen molar-refractivity contribution in [2.24, 2.45) is 0 Å². The van der Waals surface area contributed by atoms with Gasteiger partial charge in [0.25, 0.3) is 11.1 Å². The van der Waals surface area contributed by atoms with E-state index in [1.165, 1.54) is 4.90 Å². The average Bonchev–Trinajstić information content (AvgIpc) is 3.25. The Hall–Kier alpha value is -3.93. The van der Waals surface area contributed by atoms with Gasteiger partial charge in [-0.05, 0) is 89.6 Å². The van der Waals surface area contributed by atoms with E-state index in [-0.39, 0.29) is 30.8 Å². The molecule has 3 amide bonds. The maximum atomic E-state index is 13.3. The summed E-state index contributed by atoms with van der Waals surface area (Å²) in [7, 11) is 1.75. The van der Waals surface area contributed by atoms with Crippen molar-refractivity contribution < 1.29 is 38.1 Å². The number of benzene rings is 2. The number of rotatable bonds is 11. The number of ether oxygens (including phenoxy) is 4. The van der Waals surface area contributed by atoms with E-state index in [2.05, 4.69) is 5.32 Å². The van der Waals surface area contributed by atoms with Crippen LogP contribution in [0.5, 0.6) is 5.75 Å². The first kappa shape index (κ1) is 33.6. The van der Waals surface area contributed by atoms with Crippen LogP contribution in [-0.4, -0.2) is 77.7 Å². The number of carbonyl (C=O) groups is 4. The standard InChI is InChI=1S/C31H41N3O8S/c1-30(2,3)41-28(37)34(18-17-21-13-15-22(16-14-21)33(7)26-25(35)32-27(36)43-26)19-24(40-29(38)42-31(4,5)6)20-39-23-11-9-8-10-12-23/h8-16,24,26H,17-20H2,1-7H3,(H,32,35,36)/t24-,26?/m0/s1. The molecule has 1 aliphatic rings. The molecule has 2 aromatic rings. The molecule has 0 saturated carbocycles. The molecule has 1 aliphatic heterocycles. The molecule has 3 rings (SSSR count). The molecule has 0 aromatic heterocycles. The number of hydrogen-bond acceptors (Lipinski definition) is 10. The van der Waals surface area contributed by atoms with Crippen molar-refractivity contribution >= 4 is 40.8 Å². The van der Waals surface area contributed by atoms with E-state index in [9.17, 15) is 19.2 Å². The number of likely N-dealkylation sites (N-methyl/N-ethyl adjacent to an activating group) is 1. The number of thioether (sulfide) groups is 1. The summed E-state index contributed by atoms with van der Waals surface area (Å²) in [6, 6.07) is 16.6. The Balaban J connectivity index is 1.73. The molecule has 234 valence electrons. The lowest BCUT2D eigenvalue weighted by molar-refractivity contribution is -0.118. The number of carbonyl (C=O) groups excluding carboxylic acids is 4. The van der Waals surface area contributed by atoms with Gasteiger partial charge < -0.3 is 28.7 Å². The van der Waals surface area contributed by atoms with Gasteiger partial charge in [-0.3, -0.25) is 14.9 Å². The van der Waals surface area contributed by atoms with Crippen molar-refractivity contribution in [1.82, 2.24) is 10.2 Å². The van der Waals surface area contributed by atoms with E-state index in [0.717, 1.165) is 23.0 Å². The van der Waals surface area contributed by atoms with E-state index >= 15 is 0 Å². The first-order chi connectivity index (χ1) is 20.1. The molecule has 1 saturated heterocycles. The first-order valence-electron chi connectivity index (χ1n) is 14.0. The lowest BCUT2D eigenvalue weighted by Crippen LogP contribution is -2.45. The summed E-state index contributed by atoms with van der Waals surface area (Å²) in [5.74, 6) is 0.237. The van der Waals surface area contributed by atoms with E-state index < -0.39 is 34.9 Å². The van der Waals surface area contributed by atoms with Crippen LogP contribution in [0.4, 0.5) is 20.1 Å². The number of hydrogen-bond donors (Lipinski definition) is 1. The molecule has 1 N–H and O–H groups in total. The van der Waals surface area contributed by atoms with Crippen LogP contribution in [0.3, 0.4) is 0 Å². The highest BCUT2D eigenvalue weighted by atomic mass is 32.2. The molecule has 2 atom stereocenters. The molecule has 0 radical (unpaired) electrons. The number of para-hydroxylation sites is 1. The summed E-state index contributed by atoms with van der Waals surface area (Å²) in [5.41, 5.74) is 0.188. The zero-order chi connectivity index (χ0) is 31.8. The lowest BCUT2D eigenvalue weighted by Gasteiger charge is -2.30. The quantitative estimate of drug-likeness (QED) is 0.319. The maximum Gasteiger partial charge on any atom is 0.509 e. The topological polar surface area (TPSA) is 124 Å². The number of nitrogens with one attached hydrogen (secondary N) is 1. The molecule has 1 heterocycles. The Labute approximate surface area is 257 Å². The summed E-state index contributed by atoms with van der Waals surface area (Å²) in [6.07, 6.45) is -1.81. The van der Waals surface area contributed by atoms with E-state index in [1.54, 1.807) is 65.6 Å². The molecule has 12 heteroatoms. The van der Waals surface area contributed by atoms with Crippen molar-refractivity contribution in [3.63, 3.8) is 0 Å². The summed E-state index contributed by atoms with van der Waals surface area (Å²) in [6.45, 7) is 10.8. The van der Waals surface area contributed by atoms with Crippen LogP contribution in [0.2, 0.25) is 0 Å². The number of amides is 3. The highest BCUT2D eigenvalue weighted by Gasteiger charge is 2.35. The third-order valence-corrected chi connectivity index (χ3v) is 7.01. The van der Waals surface area contributed by atoms with Gasteiger partial charge in [0, 0.05) is 19.3 Å². The molecule has 11 nitrogen and oxygen atoms in total. The highest BCUT2D eigenvalue weighted by Crippen LogP contribution is 2.27. The number of anilines is 1. The van der Waals surface area contributed by atoms with Crippen molar-refractivity contribution in [3.8, 4) is 5.75 Å². The zero-order valence-electron chi connectivity index (χ0n) is 25.7. The van der Waals surface area contributed by atoms with Gasteiger partial charge in [0.05, 0.1) is 6.54 Å². The van der Waals surface area contributed by atoms with Gasteiger partial charge in [0.2, 0.25) is 0 Å². The van der Waals surface area contributed by atoms with Gasteiger partial charge in [-0.1, -0.05) is 30.3 Å². The molecule has 0 spiro atoms. The van der Waals surface area contributed by atoms with Crippen molar-refractivity contribution in [1.29, 1.82) is 0 Å². The zero-order valence-corrected chi connectivity index (χ0v) is 26.6. The van der Waals surface area contributed by atoms with Crippen LogP contribution < -0.4 is 15.0 Å². The van der Waals surface area contributed by atoms with Gasteiger partial charge in [0.1, 0.15) is 23.6 Å². The van der Waals surface area contributed by atoms with Crippen LogP contribution in [0.1, 0.15) is 47.1 Å². The Kier molecular flexibility index (Phi) is 11.3. The van der Waals surface area contributed by atoms with Crippen molar-refractivity contribution in [2.45, 2.75) is 70.6 Å². The summed E-state index contributed by atoms with van der Waals surface area (Å²) < 4.78 is 22.5. The largest absolute Gasteiger partial charge is 0.509 e. The fraction of sp³-hybridized carbons (Fsp3) is 0.484. The van der Waals surface area contributed by atoms with Gasteiger partial charge in [-0.15, -0.1) is 0 Å². The molecular formula is C31H41N3O8S. The molecule has 2 aromatic carbocycles. The van der Waals surface area contributed by atoms with Crippen LogP contribution >= 0.6 is 11.8 Å². The Morgan fingerprint density at radius 3 is 2.12 bits per heavy atom. The molecule has 0 aliphatic carbocycles. The molecule has 0 bridgehead atoms. The second kappa shape index (κ2) is 14.5. The monoisotopic (exact) mass is 615 g/mol. The minimum Gasteiger partial charge on any atom is -0.490 e. The third-order valence-electron chi connectivity index (χ3n) is 5.94. The van der Waals surface area contributed by atoms with Crippen molar-refractivity contribution in [2.75, 3.05) is 31.6 Å². The summed E-state index contributed by atoms with van der Waals surface area (Å²) in [5, 5.41) is 1.28. The molecule has 43 heavy (non-hydrogen) atoms. The molecule has 1 fully saturated rings. The third kappa shape index (κ3) is 11.3. The maximum absolute atomic E-state index is 13.3. The van der Waals surface area contributed by atoms with Gasteiger partial charge >= 0.3 is 12.2 Å². The fourth-order valence-electron chi connectivity index (χ4n) is 3.97. The summed E-state index contributed by atoms with van der Waals surface area (Å²) >= 11 is 0.931. The number of nitrogens with zero attached hydrogens (tertiary/aromatic N) is 2. The minimum absolute atomic E-state index is 0.00382. The van der Waals surface area contributed by atoms with Gasteiger partial charge in [-0.25, -0.2) is 9.59 Å². The summed E-state index contributed by atoms with van der Waals surface area (Å²) in [4.78, 5) is 52.7. The average molecular weight is 616 g/mol. The number of imide groups is 1. The predicted octanol–water partition coefficient (Wildman–Crippen LogP) is 5.61. The second-order valence-corrected chi connectivity index (χ2v) is 13.1. The van der Waals surface area contributed by atoms with Gasteiger partial charge in [-0.2, -0.15) is 0 Å².